The van der Waals surface area contributed by atoms with Gasteiger partial charge in [-0.3, -0.25) is 0 Å². The van der Waals surface area contributed by atoms with Crippen molar-refractivity contribution in [3.63, 3.8) is 0 Å². The Kier molecular flexibility index (Phi) is 16.3. The van der Waals surface area contributed by atoms with Crippen LogP contribution in [0.25, 0.3) is 0 Å². The van der Waals surface area contributed by atoms with Gasteiger partial charge in [0.05, 0.1) is 0 Å². The van der Waals surface area contributed by atoms with Gasteiger partial charge in [-0.25, -0.2) is 41.8 Å². The summed E-state index contributed by atoms with van der Waals surface area (Å²) in [6.45, 7) is 0. The molecule has 0 aliphatic rings. The standard InChI is InChI=1S/2C13H8F2N.2C5H5.Ti/c2*14-11-6-7-13(12(15)8-11)16-9-10-4-2-1-3-5-10;2*1-2-4-5-3-1;/h2*1-7,9H;2*1-5H;/q4*-1;+4. The van der Waals surface area contributed by atoms with Gasteiger partial charge in [-0.05, 0) is 22.5 Å². The van der Waals surface area contributed by atoms with Crippen molar-refractivity contribution in [1.29, 1.82) is 0 Å². The molecule has 0 unspecified atom stereocenters. The van der Waals surface area contributed by atoms with Crippen LogP contribution < -0.4 is 0 Å². The fourth-order valence-electron chi connectivity index (χ4n) is 3.08. The van der Waals surface area contributed by atoms with E-state index in [9.17, 15) is 17.6 Å². The van der Waals surface area contributed by atoms with E-state index >= 15 is 0 Å². The third kappa shape index (κ3) is 14.2. The smallest absolute Gasteiger partial charge is 0.318 e. The van der Waals surface area contributed by atoms with E-state index in [2.05, 4.69) is 9.98 Å². The quantitative estimate of drug-likeness (QED) is 0.0822. The molecule has 43 heavy (non-hydrogen) atoms. The maximum atomic E-state index is 13.1. The van der Waals surface area contributed by atoms with E-state index in [0.717, 1.165) is 23.3 Å². The number of halogens is 4. The van der Waals surface area contributed by atoms with Crippen molar-refractivity contribution in [2.24, 2.45) is 9.98 Å². The predicted octanol–water partition coefficient (Wildman–Crippen LogP) is 9.84. The van der Waals surface area contributed by atoms with Gasteiger partial charge in [0.2, 0.25) is 0 Å². The molecule has 212 valence electrons. The number of hydrogen-bond acceptors (Lipinski definition) is 2. The van der Waals surface area contributed by atoms with E-state index in [1.807, 2.05) is 133 Å². The summed E-state index contributed by atoms with van der Waals surface area (Å²) in [6, 6.07) is 47.2. The van der Waals surface area contributed by atoms with Crippen molar-refractivity contribution in [1.82, 2.24) is 0 Å². The van der Waals surface area contributed by atoms with Gasteiger partial charge in [-0.1, -0.05) is 60.7 Å². The van der Waals surface area contributed by atoms with Crippen LogP contribution in [-0.4, -0.2) is 12.4 Å². The Morgan fingerprint density at radius 3 is 1.09 bits per heavy atom. The second-order valence-corrected chi connectivity index (χ2v) is 8.27. The average Bonchev–Trinajstić information content (AvgIpc) is 3.78. The van der Waals surface area contributed by atoms with Crippen LogP contribution in [0, 0.1) is 35.4 Å². The van der Waals surface area contributed by atoms with E-state index < -0.39 is 23.3 Å². The second-order valence-electron chi connectivity index (χ2n) is 8.27. The van der Waals surface area contributed by atoms with E-state index in [1.165, 1.54) is 24.6 Å². The first-order valence-corrected chi connectivity index (χ1v) is 12.8. The number of benzene rings is 4. The van der Waals surface area contributed by atoms with Crippen LogP contribution in [0.15, 0.2) is 156 Å². The molecule has 0 saturated carbocycles. The monoisotopic (exact) mass is 610 g/mol. The average molecular weight is 610 g/mol. The van der Waals surface area contributed by atoms with Gasteiger partial charge >= 0.3 is 21.7 Å². The Hall–Kier alpha value is -4.65. The van der Waals surface area contributed by atoms with Crippen molar-refractivity contribution < 1.29 is 39.3 Å². The van der Waals surface area contributed by atoms with Crippen LogP contribution >= 0.6 is 0 Å². The van der Waals surface area contributed by atoms with Crippen molar-refractivity contribution in [2.75, 3.05) is 0 Å². The summed E-state index contributed by atoms with van der Waals surface area (Å²) in [6.07, 6.45) is 3.04. The van der Waals surface area contributed by atoms with Gasteiger partial charge in [0.1, 0.15) is 0 Å². The fraction of sp³-hybridized carbons (Fsp3) is 0. The first-order chi connectivity index (χ1) is 20.5. The van der Waals surface area contributed by atoms with Crippen molar-refractivity contribution in [3.8, 4) is 0 Å². The molecule has 6 aromatic rings. The predicted molar refractivity (Wildman–Crippen MR) is 162 cm³/mol. The van der Waals surface area contributed by atoms with Gasteiger partial charge in [0.25, 0.3) is 0 Å². The van der Waals surface area contributed by atoms with Gasteiger partial charge in [0, 0.05) is 35.7 Å². The maximum Gasteiger partial charge on any atom is 4.00 e. The number of nitrogens with zero attached hydrogens (tertiary/aromatic N) is 2. The Balaban J connectivity index is 0.000000223. The zero-order valence-corrected chi connectivity index (χ0v) is 24.5. The molecule has 7 heteroatoms. The topological polar surface area (TPSA) is 24.7 Å². The summed E-state index contributed by atoms with van der Waals surface area (Å²) in [4.78, 5) is 7.84. The molecule has 2 nitrogen and oxygen atoms in total. The van der Waals surface area contributed by atoms with E-state index in [4.69, 9.17) is 0 Å². The molecular weight excluding hydrogens is 584 g/mol. The SMILES string of the molecule is Fc1[c-]c(F)c(N=Cc2ccccc2)cc1.Fc1[c-]c(F)c(N=Cc2ccccc2)cc1.[Ti+4].c1cc[cH-]c1.c1cc[cH-]c1. The molecule has 0 aromatic heterocycles. The molecule has 0 saturated heterocycles. The summed E-state index contributed by atoms with van der Waals surface area (Å²) in [7, 11) is 0. The number of hydrogen-bond donors (Lipinski definition) is 0. The maximum absolute atomic E-state index is 13.1. The Morgan fingerprint density at radius 1 is 0.465 bits per heavy atom. The van der Waals surface area contributed by atoms with E-state index in [0.29, 0.717) is 0 Å². The summed E-state index contributed by atoms with van der Waals surface area (Å²) in [5.41, 5.74) is 1.85. The fourth-order valence-corrected chi connectivity index (χ4v) is 3.08. The largest absolute Gasteiger partial charge is 4.00 e. The Labute approximate surface area is 264 Å². The minimum atomic E-state index is -0.785. The molecule has 0 bridgehead atoms. The van der Waals surface area contributed by atoms with Crippen LogP contribution in [0.2, 0.25) is 0 Å². The molecule has 0 spiro atoms. The van der Waals surface area contributed by atoms with Gasteiger partial charge in [0.15, 0.2) is 0 Å². The van der Waals surface area contributed by atoms with Crippen LogP contribution in [0.1, 0.15) is 11.1 Å². The summed E-state index contributed by atoms with van der Waals surface area (Å²) in [5, 5.41) is 0. The zero-order valence-electron chi connectivity index (χ0n) is 22.9. The number of aliphatic imine (C=N–C) groups is 2. The summed E-state index contributed by atoms with van der Waals surface area (Å²) >= 11 is 0. The van der Waals surface area contributed by atoms with E-state index in [1.54, 1.807) is 0 Å². The van der Waals surface area contributed by atoms with Crippen LogP contribution in [0.5, 0.6) is 0 Å². The molecule has 0 aliphatic heterocycles. The van der Waals surface area contributed by atoms with Crippen molar-refractivity contribution >= 4 is 23.8 Å². The number of rotatable bonds is 4. The molecular formula is C36H26F4N2Ti. The zero-order chi connectivity index (χ0) is 29.8. The first-order valence-electron chi connectivity index (χ1n) is 12.8. The first kappa shape index (κ1) is 34.6. The van der Waals surface area contributed by atoms with Crippen molar-refractivity contribution in [2.45, 2.75) is 0 Å². The normalized spacial score (nSPS) is 9.95. The molecule has 0 fully saturated rings. The molecule has 6 rings (SSSR count). The van der Waals surface area contributed by atoms with E-state index in [-0.39, 0.29) is 33.1 Å². The van der Waals surface area contributed by atoms with Gasteiger partial charge < -0.3 is 9.98 Å². The third-order valence-corrected chi connectivity index (χ3v) is 5.10. The minimum Gasteiger partial charge on any atom is -0.318 e. The summed E-state index contributed by atoms with van der Waals surface area (Å²) in [5.74, 6) is -3.02. The van der Waals surface area contributed by atoms with Crippen LogP contribution in [-0.2, 0) is 21.7 Å². The molecule has 0 radical (unpaired) electrons. The summed E-state index contributed by atoms with van der Waals surface area (Å²) < 4.78 is 51.4. The molecule has 0 amide bonds. The van der Waals surface area contributed by atoms with Crippen LogP contribution in [0.3, 0.4) is 0 Å². The minimum absolute atomic E-state index is 0. The molecule has 0 heterocycles. The molecule has 0 N–H and O–H groups in total. The third-order valence-electron chi connectivity index (χ3n) is 5.10. The van der Waals surface area contributed by atoms with Crippen molar-refractivity contribution in [3.05, 3.63) is 192 Å². The van der Waals surface area contributed by atoms with Gasteiger partial charge in [-0.15, -0.1) is 36.4 Å². The second kappa shape index (κ2) is 20.3. The molecule has 6 aromatic carbocycles. The molecule has 0 aliphatic carbocycles. The van der Waals surface area contributed by atoms with Crippen LogP contribution in [0.4, 0.5) is 28.9 Å². The molecule has 0 atom stereocenters. The Morgan fingerprint density at radius 2 is 0.814 bits per heavy atom. The van der Waals surface area contributed by atoms with Gasteiger partial charge in [-0.2, -0.15) is 36.4 Å². The Bertz CT molecular complexity index is 1440.